The van der Waals surface area contributed by atoms with Crippen molar-refractivity contribution in [3.8, 4) is 0 Å². The molecule has 0 unspecified atom stereocenters. The number of nitrogens with two attached hydrogens (primary N) is 1. The van der Waals surface area contributed by atoms with E-state index >= 15 is 0 Å². The van der Waals surface area contributed by atoms with E-state index in [1.54, 1.807) is 0 Å². The van der Waals surface area contributed by atoms with Crippen molar-refractivity contribution < 1.29 is 0 Å². The highest BCUT2D eigenvalue weighted by atomic mass is 79.9. The van der Waals surface area contributed by atoms with Crippen molar-refractivity contribution in [1.82, 2.24) is 10.2 Å². The van der Waals surface area contributed by atoms with Gasteiger partial charge in [-0.2, -0.15) is 5.10 Å². The Bertz CT molecular complexity index is 436. The van der Waals surface area contributed by atoms with Crippen molar-refractivity contribution in [2.75, 3.05) is 6.54 Å². The van der Waals surface area contributed by atoms with Crippen LogP contribution in [0.2, 0.25) is 0 Å². The molecule has 1 heterocycles. The molecule has 0 fully saturated rings. The summed E-state index contributed by atoms with van der Waals surface area (Å²) in [6.07, 6.45) is 1.96. The summed E-state index contributed by atoms with van der Waals surface area (Å²) >= 11 is 3.42. The number of benzene rings is 1. The van der Waals surface area contributed by atoms with Crippen LogP contribution in [0.15, 0.2) is 22.7 Å². The average Bonchev–Trinajstić information content (AvgIpc) is 2.57. The molecule has 0 amide bonds. The highest BCUT2D eigenvalue weighted by molar-refractivity contribution is 9.10. The van der Waals surface area contributed by atoms with E-state index in [4.69, 9.17) is 5.73 Å². The van der Waals surface area contributed by atoms with Crippen molar-refractivity contribution in [2.45, 2.75) is 12.8 Å². The fourth-order valence-corrected chi connectivity index (χ4v) is 1.86. The third kappa shape index (κ3) is 1.81. The fraction of sp³-hybridized carbons (Fsp3) is 0.300. The summed E-state index contributed by atoms with van der Waals surface area (Å²) in [4.78, 5) is 0. The van der Waals surface area contributed by atoms with Gasteiger partial charge in [0.1, 0.15) is 0 Å². The Morgan fingerprint density at radius 3 is 3.07 bits per heavy atom. The minimum Gasteiger partial charge on any atom is -0.330 e. The number of nitrogens with one attached hydrogen (secondary N) is 1. The summed E-state index contributed by atoms with van der Waals surface area (Å²) in [6, 6.07) is 6.12. The van der Waals surface area contributed by atoms with E-state index in [9.17, 15) is 0 Å². The lowest BCUT2D eigenvalue weighted by molar-refractivity contribution is 0.808. The minimum atomic E-state index is 0.719. The van der Waals surface area contributed by atoms with E-state index in [-0.39, 0.29) is 0 Å². The molecular weight excluding hydrogens is 242 g/mol. The summed E-state index contributed by atoms with van der Waals surface area (Å²) in [5.74, 6) is 0. The van der Waals surface area contributed by atoms with Crippen LogP contribution in [0.25, 0.3) is 10.9 Å². The van der Waals surface area contributed by atoms with Gasteiger partial charge in [-0.05, 0) is 37.6 Å². The molecule has 14 heavy (non-hydrogen) atoms. The van der Waals surface area contributed by atoms with Crippen LogP contribution in [0.4, 0.5) is 0 Å². The highest BCUT2D eigenvalue weighted by Gasteiger charge is 2.04. The summed E-state index contributed by atoms with van der Waals surface area (Å²) < 4.78 is 1.06. The normalized spacial score (nSPS) is 11.0. The van der Waals surface area contributed by atoms with Gasteiger partial charge in [0.15, 0.2) is 0 Å². The number of aryl methyl sites for hydroxylation is 1. The monoisotopic (exact) mass is 253 g/mol. The lowest BCUT2D eigenvalue weighted by Crippen LogP contribution is -2.00. The minimum absolute atomic E-state index is 0.719. The Morgan fingerprint density at radius 1 is 1.43 bits per heavy atom. The van der Waals surface area contributed by atoms with E-state index in [1.807, 2.05) is 12.1 Å². The Kier molecular flexibility index (Phi) is 2.84. The second-order valence-electron chi connectivity index (χ2n) is 3.26. The second-order valence-corrected chi connectivity index (χ2v) is 4.17. The molecule has 0 saturated carbocycles. The Hall–Kier alpha value is -0.870. The number of nitrogens with zero attached hydrogens (tertiary/aromatic N) is 1. The molecule has 0 aliphatic carbocycles. The number of hydrogen-bond donors (Lipinski definition) is 2. The lowest BCUT2D eigenvalue weighted by Gasteiger charge is -1.96. The van der Waals surface area contributed by atoms with Crippen LogP contribution < -0.4 is 5.73 Å². The molecule has 0 radical (unpaired) electrons. The van der Waals surface area contributed by atoms with E-state index in [2.05, 4.69) is 32.2 Å². The topological polar surface area (TPSA) is 54.7 Å². The first-order chi connectivity index (χ1) is 6.81. The second kappa shape index (κ2) is 4.11. The largest absolute Gasteiger partial charge is 0.330 e. The number of hydrogen-bond acceptors (Lipinski definition) is 2. The van der Waals surface area contributed by atoms with Gasteiger partial charge in [-0.15, -0.1) is 0 Å². The zero-order valence-electron chi connectivity index (χ0n) is 7.76. The van der Waals surface area contributed by atoms with Gasteiger partial charge in [-0.1, -0.05) is 15.9 Å². The predicted molar refractivity (Wildman–Crippen MR) is 61.2 cm³/mol. The van der Waals surface area contributed by atoms with Crippen molar-refractivity contribution >= 4 is 26.8 Å². The van der Waals surface area contributed by atoms with Crippen LogP contribution in [0.5, 0.6) is 0 Å². The van der Waals surface area contributed by atoms with Crippen LogP contribution in [-0.4, -0.2) is 16.7 Å². The first kappa shape index (κ1) is 9.68. The smallest absolute Gasteiger partial charge is 0.0934 e. The van der Waals surface area contributed by atoms with Gasteiger partial charge in [0.25, 0.3) is 0 Å². The van der Waals surface area contributed by atoms with Gasteiger partial charge in [0.2, 0.25) is 0 Å². The molecule has 74 valence electrons. The number of H-pyrrole nitrogens is 1. The molecule has 3 nitrogen and oxygen atoms in total. The quantitative estimate of drug-likeness (QED) is 0.882. The van der Waals surface area contributed by atoms with Gasteiger partial charge < -0.3 is 5.73 Å². The van der Waals surface area contributed by atoms with Crippen LogP contribution in [0.1, 0.15) is 12.1 Å². The van der Waals surface area contributed by atoms with Crippen LogP contribution in [0.3, 0.4) is 0 Å². The third-order valence-corrected chi connectivity index (χ3v) is 2.72. The molecule has 0 aliphatic heterocycles. The van der Waals surface area contributed by atoms with Crippen LogP contribution in [-0.2, 0) is 6.42 Å². The van der Waals surface area contributed by atoms with Crippen LogP contribution >= 0.6 is 15.9 Å². The SMILES string of the molecule is NCCCc1[nH]nc2cc(Br)ccc12. The summed E-state index contributed by atoms with van der Waals surface area (Å²) in [5, 5.41) is 8.48. The van der Waals surface area contributed by atoms with Crippen molar-refractivity contribution in [3.63, 3.8) is 0 Å². The van der Waals surface area contributed by atoms with Crippen molar-refractivity contribution in [3.05, 3.63) is 28.4 Å². The zero-order chi connectivity index (χ0) is 9.97. The fourth-order valence-electron chi connectivity index (χ4n) is 1.51. The van der Waals surface area contributed by atoms with E-state index in [0.717, 1.165) is 29.4 Å². The molecule has 1 aromatic carbocycles. The van der Waals surface area contributed by atoms with Gasteiger partial charge >= 0.3 is 0 Å². The summed E-state index contributed by atoms with van der Waals surface area (Å²) in [7, 11) is 0. The highest BCUT2D eigenvalue weighted by Crippen LogP contribution is 2.21. The molecule has 1 aromatic heterocycles. The molecule has 0 atom stereocenters. The molecule has 2 aromatic rings. The Labute approximate surface area is 90.8 Å². The number of aromatic nitrogens is 2. The van der Waals surface area contributed by atoms with Crippen molar-refractivity contribution in [2.24, 2.45) is 5.73 Å². The molecule has 0 spiro atoms. The summed E-state index contributed by atoms with van der Waals surface area (Å²) in [5.41, 5.74) is 7.66. The molecule has 3 N–H and O–H groups in total. The van der Waals surface area contributed by atoms with E-state index in [1.165, 1.54) is 11.1 Å². The maximum atomic E-state index is 5.47. The van der Waals surface area contributed by atoms with E-state index < -0.39 is 0 Å². The van der Waals surface area contributed by atoms with Gasteiger partial charge in [0, 0.05) is 15.6 Å². The Balaban J connectivity index is 2.37. The number of aromatic amines is 1. The predicted octanol–water partition coefficient (Wildman–Crippen LogP) is 2.22. The molecule has 0 saturated heterocycles. The first-order valence-electron chi connectivity index (χ1n) is 4.64. The zero-order valence-corrected chi connectivity index (χ0v) is 9.34. The third-order valence-electron chi connectivity index (χ3n) is 2.23. The lowest BCUT2D eigenvalue weighted by atomic mass is 10.1. The molecule has 0 aliphatic rings. The Morgan fingerprint density at radius 2 is 2.29 bits per heavy atom. The van der Waals surface area contributed by atoms with Crippen molar-refractivity contribution in [1.29, 1.82) is 0 Å². The summed E-state index contributed by atoms with van der Waals surface area (Å²) in [6.45, 7) is 0.719. The number of halogens is 1. The van der Waals surface area contributed by atoms with Gasteiger partial charge in [-0.3, -0.25) is 5.10 Å². The van der Waals surface area contributed by atoms with Gasteiger partial charge in [-0.25, -0.2) is 0 Å². The molecular formula is C10H12BrN3. The maximum absolute atomic E-state index is 5.47. The average molecular weight is 254 g/mol. The van der Waals surface area contributed by atoms with E-state index in [0.29, 0.717) is 0 Å². The number of rotatable bonds is 3. The maximum Gasteiger partial charge on any atom is 0.0934 e. The molecule has 2 rings (SSSR count). The molecule has 0 bridgehead atoms. The van der Waals surface area contributed by atoms with Gasteiger partial charge in [0.05, 0.1) is 5.52 Å². The standard InChI is InChI=1S/C10H12BrN3/c11-7-3-4-8-9(2-1-5-12)13-14-10(8)6-7/h3-4,6H,1-2,5,12H2,(H,13,14). The van der Waals surface area contributed by atoms with Crippen LogP contribution in [0, 0.1) is 0 Å². The molecule has 4 heteroatoms. The number of fused-ring (bicyclic) bond motifs is 1. The first-order valence-corrected chi connectivity index (χ1v) is 5.43.